The number of aromatic nitrogens is 2. The number of halogens is 2. The molecule has 0 spiro atoms. The van der Waals surface area contributed by atoms with Gasteiger partial charge >= 0.3 is 0 Å². The second kappa shape index (κ2) is 7.75. The highest BCUT2D eigenvalue weighted by molar-refractivity contribution is 7.90. The van der Waals surface area contributed by atoms with E-state index in [2.05, 4.69) is 15.5 Å². The van der Waals surface area contributed by atoms with Crippen molar-refractivity contribution >= 4 is 38.9 Å². The van der Waals surface area contributed by atoms with Gasteiger partial charge in [-0.25, -0.2) is 12.8 Å². The number of hydrogen-bond acceptors (Lipinski definition) is 6. The van der Waals surface area contributed by atoms with Gasteiger partial charge in [-0.1, -0.05) is 11.6 Å². The average molecular weight is 471 g/mol. The van der Waals surface area contributed by atoms with Crippen LogP contribution < -0.4 is 11.1 Å². The van der Waals surface area contributed by atoms with Crippen LogP contribution in [0.2, 0.25) is 5.02 Å². The standard InChI is InChI=1S/C20H24ClFN4O4S/c1-31(29,30)9-20(28)7-11-4-10(5-12(11)8-20)17-16(18(23)26-25-17)19(27)24-13-2-3-15(22)14(21)6-13/h2-3,6,10-12,28H,4-5,7-9H2,1H3,(H,24,27)(H3,23,25,26). The lowest BCUT2D eigenvalue weighted by Crippen LogP contribution is -2.34. The van der Waals surface area contributed by atoms with E-state index in [1.54, 1.807) is 0 Å². The molecule has 5 N–H and O–H groups in total. The average Bonchev–Trinajstić information content (AvgIpc) is 3.27. The third kappa shape index (κ3) is 4.56. The highest BCUT2D eigenvalue weighted by Gasteiger charge is 2.50. The van der Waals surface area contributed by atoms with E-state index < -0.39 is 27.2 Å². The van der Waals surface area contributed by atoms with Crippen molar-refractivity contribution in [1.82, 2.24) is 10.2 Å². The van der Waals surface area contributed by atoms with E-state index in [9.17, 15) is 22.7 Å². The molecule has 1 aromatic heterocycles. The zero-order chi connectivity index (χ0) is 22.6. The van der Waals surface area contributed by atoms with Gasteiger partial charge < -0.3 is 16.2 Å². The summed E-state index contributed by atoms with van der Waals surface area (Å²) in [6.07, 6.45) is 3.36. The molecule has 2 aliphatic carbocycles. The highest BCUT2D eigenvalue weighted by Crippen LogP contribution is 2.54. The molecule has 2 atom stereocenters. The summed E-state index contributed by atoms with van der Waals surface area (Å²) < 4.78 is 36.7. The van der Waals surface area contributed by atoms with Crippen LogP contribution in [0.3, 0.4) is 0 Å². The van der Waals surface area contributed by atoms with Gasteiger partial charge in [-0.2, -0.15) is 5.10 Å². The maximum atomic E-state index is 13.4. The number of carbonyl (C=O) groups excluding carboxylic acids is 1. The minimum Gasteiger partial charge on any atom is -0.389 e. The first-order chi connectivity index (χ1) is 14.4. The second-order valence-corrected chi connectivity index (χ2v) is 11.4. The molecule has 0 aliphatic heterocycles. The summed E-state index contributed by atoms with van der Waals surface area (Å²) in [7, 11) is -3.28. The number of rotatable bonds is 5. The molecular weight excluding hydrogens is 447 g/mol. The number of hydrogen-bond donors (Lipinski definition) is 4. The third-order valence-electron chi connectivity index (χ3n) is 6.29. The van der Waals surface area contributed by atoms with E-state index in [1.165, 1.54) is 12.1 Å². The Morgan fingerprint density at radius 2 is 2.03 bits per heavy atom. The molecule has 2 saturated carbocycles. The quantitative estimate of drug-likeness (QED) is 0.530. The molecule has 4 rings (SSSR count). The first-order valence-corrected chi connectivity index (χ1v) is 12.4. The largest absolute Gasteiger partial charge is 0.389 e. The van der Waals surface area contributed by atoms with Crippen LogP contribution in [0, 0.1) is 17.7 Å². The van der Waals surface area contributed by atoms with Crippen molar-refractivity contribution in [1.29, 1.82) is 0 Å². The van der Waals surface area contributed by atoms with Crippen molar-refractivity contribution in [2.45, 2.75) is 37.2 Å². The number of nitrogens with one attached hydrogen (secondary N) is 2. The number of nitrogens with zero attached hydrogens (tertiary/aromatic N) is 1. The molecule has 2 unspecified atom stereocenters. The molecule has 0 bridgehead atoms. The van der Waals surface area contributed by atoms with Crippen LogP contribution in [-0.2, 0) is 9.84 Å². The van der Waals surface area contributed by atoms with Crippen molar-refractivity contribution < 1.29 is 22.7 Å². The fraction of sp³-hybridized carbons (Fsp3) is 0.500. The Bertz CT molecular complexity index is 1120. The van der Waals surface area contributed by atoms with Crippen LogP contribution >= 0.6 is 11.6 Å². The summed E-state index contributed by atoms with van der Waals surface area (Å²) in [6, 6.07) is 3.87. The molecule has 31 heavy (non-hydrogen) atoms. The maximum Gasteiger partial charge on any atom is 0.261 e. The topological polar surface area (TPSA) is 138 Å². The summed E-state index contributed by atoms with van der Waals surface area (Å²) >= 11 is 5.78. The van der Waals surface area contributed by atoms with E-state index in [1.807, 2.05) is 0 Å². The number of nitrogen functional groups attached to an aromatic ring is 1. The van der Waals surface area contributed by atoms with Crippen LogP contribution in [0.5, 0.6) is 0 Å². The number of nitrogens with two attached hydrogens (primary N) is 1. The van der Waals surface area contributed by atoms with E-state index in [0.29, 0.717) is 37.1 Å². The lowest BCUT2D eigenvalue weighted by Gasteiger charge is -2.23. The monoisotopic (exact) mass is 470 g/mol. The summed E-state index contributed by atoms with van der Waals surface area (Å²) in [4.78, 5) is 12.9. The second-order valence-electron chi connectivity index (χ2n) is 8.87. The van der Waals surface area contributed by atoms with E-state index in [4.69, 9.17) is 17.3 Å². The van der Waals surface area contributed by atoms with Crippen LogP contribution in [0.1, 0.15) is 47.7 Å². The fourth-order valence-electron chi connectivity index (χ4n) is 5.28. The Balaban J connectivity index is 1.49. The fourth-order valence-corrected chi connectivity index (χ4v) is 6.68. The van der Waals surface area contributed by atoms with Crippen molar-refractivity contribution in [2.75, 3.05) is 23.1 Å². The first-order valence-electron chi connectivity index (χ1n) is 9.94. The Labute approximate surface area is 184 Å². The van der Waals surface area contributed by atoms with Gasteiger partial charge in [0.2, 0.25) is 0 Å². The summed E-state index contributed by atoms with van der Waals surface area (Å²) in [6.45, 7) is 0. The van der Waals surface area contributed by atoms with Crippen LogP contribution in [0.4, 0.5) is 15.9 Å². The van der Waals surface area contributed by atoms with E-state index in [0.717, 1.165) is 12.3 Å². The third-order valence-corrected chi connectivity index (χ3v) is 7.64. The number of sulfone groups is 1. The minimum atomic E-state index is -3.28. The van der Waals surface area contributed by atoms with Crippen LogP contribution in [0.25, 0.3) is 0 Å². The van der Waals surface area contributed by atoms with Gasteiger partial charge in [0.1, 0.15) is 21.2 Å². The number of fused-ring (bicyclic) bond motifs is 1. The van der Waals surface area contributed by atoms with Crippen molar-refractivity contribution in [3.8, 4) is 0 Å². The van der Waals surface area contributed by atoms with Crippen molar-refractivity contribution in [3.05, 3.63) is 40.3 Å². The van der Waals surface area contributed by atoms with Crippen molar-refractivity contribution in [2.24, 2.45) is 11.8 Å². The molecule has 1 amide bonds. The Kier molecular flexibility index (Phi) is 5.51. The van der Waals surface area contributed by atoms with Gasteiger partial charge in [0.15, 0.2) is 5.82 Å². The zero-order valence-corrected chi connectivity index (χ0v) is 18.4. The van der Waals surface area contributed by atoms with Gasteiger partial charge in [-0.05, 0) is 55.7 Å². The molecule has 2 aliphatic rings. The number of benzene rings is 1. The SMILES string of the molecule is CS(=O)(=O)CC1(O)CC2CC(c3[nH]nc(N)c3C(=O)Nc3ccc(F)c(Cl)c3)CC2C1. The van der Waals surface area contributed by atoms with Crippen LogP contribution in [-0.4, -0.2) is 47.2 Å². The predicted octanol–water partition coefficient (Wildman–Crippen LogP) is 2.72. The summed E-state index contributed by atoms with van der Waals surface area (Å²) in [5, 5.41) is 20.2. The smallest absolute Gasteiger partial charge is 0.261 e. The predicted molar refractivity (Wildman–Crippen MR) is 115 cm³/mol. The van der Waals surface area contributed by atoms with Gasteiger partial charge in [-0.3, -0.25) is 9.89 Å². The Morgan fingerprint density at radius 3 is 2.61 bits per heavy atom. The lowest BCUT2D eigenvalue weighted by atomic mass is 9.92. The maximum absolute atomic E-state index is 13.4. The molecule has 1 heterocycles. The molecular formula is C20H24ClFN4O4S. The molecule has 2 aromatic rings. The summed E-state index contributed by atoms with van der Waals surface area (Å²) in [5.41, 5.74) is 5.94. The number of aliphatic hydroxyl groups is 1. The number of aromatic amines is 1. The Morgan fingerprint density at radius 1 is 1.39 bits per heavy atom. The minimum absolute atomic E-state index is 0.0138. The molecule has 168 valence electrons. The van der Waals surface area contributed by atoms with Crippen molar-refractivity contribution in [3.63, 3.8) is 0 Å². The van der Waals surface area contributed by atoms with E-state index in [-0.39, 0.29) is 39.9 Å². The first kappa shape index (κ1) is 22.0. The number of carbonyl (C=O) groups is 1. The zero-order valence-electron chi connectivity index (χ0n) is 16.9. The van der Waals surface area contributed by atoms with Gasteiger partial charge in [0.05, 0.1) is 22.1 Å². The van der Waals surface area contributed by atoms with E-state index >= 15 is 0 Å². The number of amides is 1. The molecule has 2 fully saturated rings. The lowest BCUT2D eigenvalue weighted by molar-refractivity contribution is 0.0613. The van der Waals surface area contributed by atoms with Crippen LogP contribution in [0.15, 0.2) is 18.2 Å². The Hall–Kier alpha value is -2.17. The number of anilines is 2. The summed E-state index contributed by atoms with van der Waals surface area (Å²) in [5.74, 6) is -0.929. The van der Waals surface area contributed by atoms with Gasteiger partial charge in [0, 0.05) is 17.9 Å². The van der Waals surface area contributed by atoms with Gasteiger partial charge in [0.25, 0.3) is 5.91 Å². The highest BCUT2D eigenvalue weighted by atomic mass is 35.5. The normalized spacial score (nSPS) is 27.9. The molecule has 0 saturated heterocycles. The molecule has 0 radical (unpaired) electrons. The number of H-pyrrole nitrogens is 1. The molecule has 11 heteroatoms. The van der Waals surface area contributed by atoms with Gasteiger partial charge in [-0.15, -0.1) is 0 Å². The molecule has 8 nitrogen and oxygen atoms in total. The molecule has 1 aromatic carbocycles.